The molecule has 134 valence electrons. The second-order valence-corrected chi connectivity index (χ2v) is 7.66. The fourth-order valence-corrected chi connectivity index (χ4v) is 3.45. The Kier molecular flexibility index (Phi) is 6.06. The number of hydrogen-bond donors (Lipinski definition) is 1. The minimum absolute atomic E-state index is 0.0458. The maximum Gasteiger partial charge on any atom is 0.223 e. The lowest BCUT2D eigenvalue weighted by atomic mass is 9.97. The molecule has 2 rings (SSSR count). The van der Waals surface area contributed by atoms with Crippen LogP contribution in [0.3, 0.4) is 0 Å². The molecule has 1 aliphatic heterocycles. The van der Waals surface area contributed by atoms with Crippen molar-refractivity contribution in [1.82, 2.24) is 9.62 Å². The third-order valence-corrected chi connectivity index (χ3v) is 4.85. The van der Waals surface area contributed by atoms with E-state index in [1.54, 1.807) is 19.1 Å². The van der Waals surface area contributed by atoms with Gasteiger partial charge in [-0.1, -0.05) is 12.1 Å². The molecular weight excluding hydrogens is 332 g/mol. The number of carbonyl (C=O) groups excluding carboxylic acids is 1. The summed E-state index contributed by atoms with van der Waals surface area (Å²) in [6.45, 7) is 1.38. The van der Waals surface area contributed by atoms with Crippen LogP contribution in [0.2, 0.25) is 0 Å². The van der Waals surface area contributed by atoms with Gasteiger partial charge in [0.05, 0.1) is 20.5 Å². The Balaban J connectivity index is 1.99. The first-order valence-corrected chi connectivity index (χ1v) is 9.68. The predicted molar refractivity (Wildman–Crippen MR) is 90.9 cm³/mol. The SMILES string of the molecule is COc1cccc([C@H]2CCN(C(=O)CCNS(C)(=O)=O)C2)c1OC. The molecule has 1 aromatic carbocycles. The molecule has 1 saturated heterocycles. The van der Waals surface area contributed by atoms with Crippen molar-refractivity contribution in [2.75, 3.05) is 40.1 Å². The third kappa shape index (κ3) is 4.61. The summed E-state index contributed by atoms with van der Waals surface area (Å²) in [5.74, 6) is 1.52. The summed E-state index contributed by atoms with van der Waals surface area (Å²) in [4.78, 5) is 14.0. The van der Waals surface area contributed by atoms with Gasteiger partial charge in [-0.05, 0) is 12.5 Å². The van der Waals surface area contributed by atoms with Crippen molar-refractivity contribution in [1.29, 1.82) is 0 Å². The molecule has 7 nitrogen and oxygen atoms in total. The number of nitrogens with one attached hydrogen (secondary N) is 1. The van der Waals surface area contributed by atoms with Crippen LogP contribution >= 0.6 is 0 Å². The average molecular weight is 356 g/mol. The van der Waals surface area contributed by atoms with Crippen LogP contribution in [0.15, 0.2) is 18.2 Å². The quantitative estimate of drug-likeness (QED) is 0.787. The highest BCUT2D eigenvalue weighted by molar-refractivity contribution is 7.88. The largest absolute Gasteiger partial charge is 0.493 e. The van der Waals surface area contributed by atoms with Gasteiger partial charge in [0.1, 0.15) is 0 Å². The molecule has 1 aromatic rings. The minimum atomic E-state index is -3.26. The number of hydrogen-bond acceptors (Lipinski definition) is 5. The number of rotatable bonds is 7. The van der Waals surface area contributed by atoms with Gasteiger partial charge in [0.25, 0.3) is 0 Å². The van der Waals surface area contributed by atoms with Crippen molar-refractivity contribution < 1.29 is 22.7 Å². The van der Waals surface area contributed by atoms with Crippen LogP contribution in [0, 0.1) is 0 Å². The van der Waals surface area contributed by atoms with Crippen LogP contribution in [0.25, 0.3) is 0 Å². The molecule has 0 aliphatic carbocycles. The Morgan fingerprint density at radius 2 is 2.08 bits per heavy atom. The number of carbonyl (C=O) groups is 1. The van der Waals surface area contributed by atoms with Gasteiger partial charge >= 0.3 is 0 Å². The van der Waals surface area contributed by atoms with Crippen LogP contribution in [0.5, 0.6) is 11.5 Å². The second kappa shape index (κ2) is 7.85. The third-order valence-electron chi connectivity index (χ3n) is 4.12. The first-order valence-electron chi connectivity index (χ1n) is 7.79. The van der Waals surface area contributed by atoms with Crippen LogP contribution < -0.4 is 14.2 Å². The van der Waals surface area contributed by atoms with E-state index in [1.165, 1.54) is 0 Å². The van der Waals surface area contributed by atoms with E-state index in [-0.39, 0.29) is 24.8 Å². The van der Waals surface area contributed by atoms with Gasteiger partial charge in [-0.25, -0.2) is 13.1 Å². The van der Waals surface area contributed by atoms with Crippen molar-refractivity contribution in [2.45, 2.75) is 18.8 Å². The molecule has 1 heterocycles. The van der Waals surface area contributed by atoms with Crippen molar-refractivity contribution in [2.24, 2.45) is 0 Å². The van der Waals surface area contributed by atoms with Crippen molar-refractivity contribution >= 4 is 15.9 Å². The zero-order valence-electron chi connectivity index (χ0n) is 14.2. The fraction of sp³-hybridized carbons (Fsp3) is 0.562. The maximum absolute atomic E-state index is 12.2. The normalized spacial score (nSPS) is 17.8. The standard InChI is InChI=1S/C16H24N2O5S/c1-22-14-6-4-5-13(16(14)23-2)12-8-10-18(11-12)15(19)7-9-17-24(3,20)21/h4-6,12,17H,7-11H2,1-3H3/t12-/m0/s1. The highest BCUT2D eigenvalue weighted by atomic mass is 32.2. The number of sulfonamides is 1. The summed E-state index contributed by atoms with van der Waals surface area (Å²) >= 11 is 0. The zero-order valence-corrected chi connectivity index (χ0v) is 15.1. The van der Waals surface area contributed by atoms with Gasteiger partial charge in [-0.2, -0.15) is 0 Å². The molecule has 0 unspecified atom stereocenters. The number of likely N-dealkylation sites (tertiary alicyclic amines) is 1. The Bertz CT molecular complexity index is 690. The first kappa shape index (κ1) is 18.5. The molecule has 24 heavy (non-hydrogen) atoms. The average Bonchev–Trinajstić information content (AvgIpc) is 3.02. The van der Waals surface area contributed by atoms with Gasteiger partial charge in [0.15, 0.2) is 11.5 Å². The Hall–Kier alpha value is -1.80. The maximum atomic E-state index is 12.2. The van der Waals surface area contributed by atoms with Crippen LogP contribution in [0.1, 0.15) is 24.3 Å². The molecule has 1 fully saturated rings. The molecule has 8 heteroatoms. The number of amides is 1. The molecule has 1 N–H and O–H groups in total. The summed E-state index contributed by atoms with van der Waals surface area (Å²) < 4.78 is 35.2. The van der Waals surface area contributed by atoms with E-state index in [4.69, 9.17) is 9.47 Å². The highest BCUT2D eigenvalue weighted by Gasteiger charge is 2.29. The lowest BCUT2D eigenvalue weighted by Gasteiger charge is -2.19. The molecule has 0 bridgehead atoms. The Labute approximate surface area is 143 Å². The van der Waals surface area contributed by atoms with Crippen molar-refractivity contribution in [3.05, 3.63) is 23.8 Å². The number of methoxy groups -OCH3 is 2. The van der Waals surface area contributed by atoms with E-state index in [9.17, 15) is 13.2 Å². The molecule has 0 radical (unpaired) electrons. The molecule has 0 spiro atoms. The monoisotopic (exact) mass is 356 g/mol. The van der Waals surface area contributed by atoms with Crippen molar-refractivity contribution in [3.63, 3.8) is 0 Å². The molecule has 0 saturated carbocycles. The molecule has 0 aromatic heterocycles. The number of para-hydroxylation sites is 1. The van der Waals surface area contributed by atoms with Gasteiger partial charge in [0.2, 0.25) is 15.9 Å². The van der Waals surface area contributed by atoms with Gasteiger partial charge < -0.3 is 14.4 Å². The number of benzene rings is 1. The fourth-order valence-electron chi connectivity index (χ4n) is 2.98. The van der Waals surface area contributed by atoms with E-state index in [1.807, 2.05) is 18.2 Å². The summed E-state index contributed by atoms with van der Waals surface area (Å²) in [5.41, 5.74) is 1.03. The predicted octanol–water partition coefficient (Wildman–Crippen LogP) is 0.959. The van der Waals surface area contributed by atoms with Gasteiger partial charge in [-0.3, -0.25) is 4.79 Å². The second-order valence-electron chi connectivity index (χ2n) is 5.82. The smallest absolute Gasteiger partial charge is 0.223 e. The van der Waals surface area contributed by atoms with E-state index in [0.717, 1.165) is 18.2 Å². The van der Waals surface area contributed by atoms with E-state index >= 15 is 0 Å². The number of nitrogens with zero attached hydrogens (tertiary/aromatic N) is 1. The summed E-state index contributed by atoms with van der Waals surface area (Å²) in [5, 5.41) is 0. The highest BCUT2D eigenvalue weighted by Crippen LogP contribution is 2.39. The van der Waals surface area contributed by atoms with Crippen LogP contribution in [-0.2, 0) is 14.8 Å². The van der Waals surface area contributed by atoms with E-state index in [0.29, 0.717) is 24.6 Å². The molecule has 1 atom stereocenters. The van der Waals surface area contributed by atoms with Gasteiger partial charge in [0, 0.05) is 37.5 Å². The number of ether oxygens (including phenoxy) is 2. The summed E-state index contributed by atoms with van der Waals surface area (Å²) in [6, 6.07) is 5.75. The Morgan fingerprint density at radius 3 is 2.71 bits per heavy atom. The zero-order chi connectivity index (χ0) is 17.7. The topological polar surface area (TPSA) is 84.9 Å². The lowest BCUT2D eigenvalue weighted by Crippen LogP contribution is -2.32. The molecular formula is C16H24N2O5S. The van der Waals surface area contributed by atoms with Crippen molar-refractivity contribution in [3.8, 4) is 11.5 Å². The summed E-state index contributed by atoms with van der Waals surface area (Å²) in [6.07, 6.45) is 2.09. The molecule has 1 aliphatic rings. The van der Waals surface area contributed by atoms with Crippen LogP contribution in [0.4, 0.5) is 0 Å². The summed E-state index contributed by atoms with van der Waals surface area (Å²) in [7, 11) is -0.0596. The van der Waals surface area contributed by atoms with Gasteiger partial charge in [-0.15, -0.1) is 0 Å². The van der Waals surface area contributed by atoms with Crippen LogP contribution in [-0.4, -0.2) is 59.3 Å². The lowest BCUT2D eigenvalue weighted by molar-refractivity contribution is -0.130. The van der Waals surface area contributed by atoms with E-state index in [2.05, 4.69) is 4.72 Å². The first-order chi connectivity index (χ1) is 11.4. The van der Waals surface area contributed by atoms with E-state index < -0.39 is 10.0 Å². The molecule has 1 amide bonds. The Morgan fingerprint density at radius 1 is 1.33 bits per heavy atom. The minimum Gasteiger partial charge on any atom is -0.493 e.